The molecule has 2 aliphatic rings. The topological polar surface area (TPSA) is 138 Å². The summed E-state index contributed by atoms with van der Waals surface area (Å²) in [6, 6.07) is 6.51. The Morgan fingerprint density at radius 2 is 1.89 bits per heavy atom. The molecule has 1 atom stereocenters. The van der Waals surface area contributed by atoms with Crippen LogP contribution in [-0.4, -0.2) is 45.6 Å². The summed E-state index contributed by atoms with van der Waals surface area (Å²) in [4.78, 5) is 68.2. The lowest BCUT2D eigenvalue weighted by molar-refractivity contribution is -0.136. The van der Waals surface area contributed by atoms with Crippen LogP contribution in [0.4, 0.5) is 10.5 Å². The van der Waals surface area contributed by atoms with Gasteiger partial charge in [0, 0.05) is 17.1 Å². The van der Waals surface area contributed by atoms with Gasteiger partial charge in [0.1, 0.15) is 11.0 Å². The number of urea groups is 1. The van der Waals surface area contributed by atoms with Crippen molar-refractivity contribution in [3.8, 4) is 0 Å². The third-order valence-corrected chi connectivity index (χ3v) is 8.12. The Bertz CT molecular complexity index is 1550. The Hall–Kier alpha value is -3.83. The Morgan fingerprint density at radius 1 is 1.16 bits per heavy atom. The van der Waals surface area contributed by atoms with E-state index in [1.54, 1.807) is 0 Å². The quantitative estimate of drug-likeness (QED) is 0.409. The summed E-state index contributed by atoms with van der Waals surface area (Å²) >= 11 is 7.69. The van der Waals surface area contributed by atoms with Crippen molar-refractivity contribution in [1.29, 1.82) is 0 Å². The van der Waals surface area contributed by atoms with Crippen molar-refractivity contribution in [2.75, 3.05) is 5.32 Å². The van der Waals surface area contributed by atoms with Crippen LogP contribution in [0.5, 0.6) is 0 Å². The number of hydrogen-bond acceptors (Lipinski definition) is 7. The summed E-state index contributed by atoms with van der Waals surface area (Å²) in [6.07, 6.45) is 0.875. The maximum absolute atomic E-state index is 13.0. The highest BCUT2D eigenvalue weighted by Gasteiger charge is 2.44. The Balaban J connectivity index is 1.32. The number of fused-ring (bicyclic) bond motifs is 2. The third-order valence-electron chi connectivity index (χ3n) is 6.58. The van der Waals surface area contributed by atoms with E-state index in [9.17, 15) is 24.0 Å². The van der Waals surface area contributed by atoms with E-state index in [-0.39, 0.29) is 24.0 Å². The minimum Gasteiger partial charge on any atom is -0.326 e. The van der Waals surface area contributed by atoms with Crippen LogP contribution in [0.1, 0.15) is 64.9 Å². The Labute approximate surface area is 226 Å². The van der Waals surface area contributed by atoms with Gasteiger partial charge in [0.15, 0.2) is 0 Å². The highest BCUT2D eigenvalue weighted by atomic mass is 35.5. The van der Waals surface area contributed by atoms with Gasteiger partial charge in [0.05, 0.1) is 26.9 Å². The van der Waals surface area contributed by atoms with Gasteiger partial charge in [-0.15, -0.1) is 11.3 Å². The average Bonchev–Trinajstić information content (AvgIpc) is 3.38. The first-order valence-electron chi connectivity index (χ1n) is 12.0. The molecule has 0 spiro atoms. The fraction of sp³-hybridized carbons (Fsp3) is 0.308. The smallest absolute Gasteiger partial charge is 0.319 e. The second kappa shape index (κ2) is 9.48. The van der Waals surface area contributed by atoms with Crippen molar-refractivity contribution in [2.24, 2.45) is 0 Å². The normalized spacial score (nSPS) is 17.6. The predicted octanol–water partition coefficient (Wildman–Crippen LogP) is 3.97. The minimum atomic E-state index is -1.06. The molecule has 196 valence electrons. The highest BCUT2D eigenvalue weighted by molar-refractivity contribution is 7.18. The summed E-state index contributed by atoms with van der Waals surface area (Å²) in [5.74, 6) is -2.38. The SMILES string of the molecule is CCc1cc(Cl)cc2sc(C(C)(C)NC(=O)Nc3ccc4c(c3)C(=O)N(C3CCC(=O)NC3=O)C4=O)nc12. The molecule has 10 nitrogen and oxygen atoms in total. The molecule has 12 heteroatoms. The number of nitrogens with one attached hydrogen (secondary N) is 3. The summed E-state index contributed by atoms with van der Waals surface area (Å²) in [6.45, 7) is 5.69. The third kappa shape index (κ3) is 4.52. The maximum atomic E-state index is 13.0. The molecule has 6 amide bonds. The fourth-order valence-corrected chi connectivity index (χ4v) is 6.06. The molecule has 2 aliphatic heterocycles. The average molecular weight is 554 g/mol. The molecule has 0 saturated carbocycles. The van der Waals surface area contributed by atoms with Gasteiger partial charge in [-0.2, -0.15) is 0 Å². The zero-order valence-electron chi connectivity index (χ0n) is 20.8. The minimum absolute atomic E-state index is 0.0357. The number of anilines is 1. The number of aryl methyl sites for hydroxylation is 1. The molecular formula is C26H24ClN5O5S. The van der Waals surface area contributed by atoms with Crippen LogP contribution in [0.25, 0.3) is 10.2 Å². The van der Waals surface area contributed by atoms with Crippen LogP contribution >= 0.6 is 22.9 Å². The number of thiazole rings is 1. The number of piperidine rings is 1. The molecular weight excluding hydrogens is 530 g/mol. The van der Waals surface area contributed by atoms with Crippen molar-refractivity contribution in [1.82, 2.24) is 20.5 Å². The van der Waals surface area contributed by atoms with E-state index in [1.807, 2.05) is 32.9 Å². The number of halogens is 1. The van der Waals surface area contributed by atoms with Crippen molar-refractivity contribution in [3.63, 3.8) is 0 Å². The number of rotatable bonds is 5. The van der Waals surface area contributed by atoms with Gasteiger partial charge in [-0.1, -0.05) is 18.5 Å². The van der Waals surface area contributed by atoms with Crippen LogP contribution in [0, 0.1) is 0 Å². The molecule has 3 aromatic rings. The molecule has 38 heavy (non-hydrogen) atoms. The molecule has 1 saturated heterocycles. The zero-order chi connectivity index (χ0) is 27.4. The van der Waals surface area contributed by atoms with Gasteiger partial charge in [0.2, 0.25) is 11.8 Å². The van der Waals surface area contributed by atoms with E-state index in [1.165, 1.54) is 29.5 Å². The first-order valence-corrected chi connectivity index (χ1v) is 13.2. The predicted molar refractivity (Wildman–Crippen MR) is 142 cm³/mol. The zero-order valence-corrected chi connectivity index (χ0v) is 22.4. The summed E-state index contributed by atoms with van der Waals surface area (Å²) < 4.78 is 0.932. The van der Waals surface area contributed by atoms with Gasteiger partial charge < -0.3 is 10.6 Å². The molecule has 3 heterocycles. The largest absolute Gasteiger partial charge is 0.326 e. The van der Waals surface area contributed by atoms with Gasteiger partial charge >= 0.3 is 6.03 Å². The molecule has 3 N–H and O–H groups in total. The maximum Gasteiger partial charge on any atom is 0.319 e. The van der Waals surface area contributed by atoms with Crippen molar-refractivity contribution < 1.29 is 24.0 Å². The number of amides is 6. The van der Waals surface area contributed by atoms with E-state index in [4.69, 9.17) is 16.6 Å². The van der Waals surface area contributed by atoms with Crippen molar-refractivity contribution in [2.45, 2.75) is 51.6 Å². The number of carbonyl (C=O) groups is 5. The Morgan fingerprint density at radius 3 is 2.61 bits per heavy atom. The lowest BCUT2D eigenvalue weighted by Crippen LogP contribution is -2.54. The van der Waals surface area contributed by atoms with Gasteiger partial charge in [-0.3, -0.25) is 29.4 Å². The first kappa shape index (κ1) is 25.8. The van der Waals surface area contributed by atoms with Crippen LogP contribution in [-0.2, 0) is 21.5 Å². The fourth-order valence-electron chi connectivity index (χ4n) is 4.65. The monoisotopic (exact) mass is 553 g/mol. The lowest BCUT2D eigenvalue weighted by Gasteiger charge is -2.27. The van der Waals surface area contributed by atoms with Crippen LogP contribution in [0.15, 0.2) is 30.3 Å². The second-order valence-electron chi connectivity index (χ2n) is 9.70. The molecule has 0 aliphatic carbocycles. The standard InChI is InChI=1S/C26H24ClN5O5S/c1-4-12-9-13(27)10-18-20(12)30-24(38-18)26(2,3)31-25(37)28-14-5-6-15-16(11-14)23(36)32(22(15)35)17-7-8-19(33)29-21(17)34/h5-6,9-11,17H,4,7-8H2,1-3H3,(H2,28,31,37)(H,29,33,34). The number of hydrogen-bond donors (Lipinski definition) is 3. The van der Waals surface area contributed by atoms with E-state index < -0.39 is 41.2 Å². The summed E-state index contributed by atoms with van der Waals surface area (Å²) in [5.41, 5.74) is 1.56. The number of aromatic nitrogens is 1. The van der Waals surface area contributed by atoms with Gasteiger partial charge in [-0.25, -0.2) is 9.78 Å². The second-order valence-corrected chi connectivity index (χ2v) is 11.2. The molecule has 2 aromatic carbocycles. The molecule has 1 fully saturated rings. The summed E-state index contributed by atoms with van der Waals surface area (Å²) in [5, 5.41) is 9.12. The van der Waals surface area contributed by atoms with Crippen molar-refractivity contribution >= 4 is 68.5 Å². The lowest BCUT2D eigenvalue weighted by atomic mass is 10.0. The molecule has 1 unspecified atom stereocenters. The van der Waals surface area contributed by atoms with E-state index in [2.05, 4.69) is 16.0 Å². The van der Waals surface area contributed by atoms with Crippen LogP contribution in [0.3, 0.4) is 0 Å². The molecule has 0 bridgehead atoms. The number of carbonyl (C=O) groups excluding carboxylic acids is 5. The number of benzene rings is 2. The molecule has 1 aromatic heterocycles. The highest BCUT2D eigenvalue weighted by Crippen LogP contribution is 2.34. The van der Waals surface area contributed by atoms with Crippen LogP contribution in [0.2, 0.25) is 5.02 Å². The van der Waals surface area contributed by atoms with Gasteiger partial charge in [0.25, 0.3) is 11.8 Å². The summed E-state index contributed by atoms with van der Waals surface area (Å²) in [7, 11) is 0. The number of nitrogens with zero attached hydrogens (tertiary/aromatic N) is 2. The molecule has 5 rings (SSSR count). The Kier molecular flexibility index (Phi) is 6.44. The van der Waals surface area contributed by atoms with E-state index in [0.29, 0.717) is 15.7 Å². The van der Waals surface area contributed by atoms with E-state index >= 15 is 0 Å². The van der Waals surface area contributed by atoms with Gasteiger partial charge in [-0.05, 0) is 62.6 Å². The number of imide groups is 2. The van der Waals surface area contributed by atoms with E-state index in [0.717, 1.165) is 27.1 Å². The van der Waals surface area contributed by atoms with Crippen molar-refractivity contribution in [3.05, 3.63) is 57.1 Å². The molecule has 0 radical (unpaired) electrons. The first-order chi connectivity index (χ1) is 18.0. The van der Waals surface area contributed by atoms with Crippen LogP contribution < -0.4 is 16.0 Å².